The number of methoxy groups -OCH3 is 1. The molecule has 0 N–H and O–H groups in total. The number of rotatable bonds is 7. The average molecular weight is 344 g/mol. The maximum Gasteiger partial charge on any atom is 0.328 e. The van der Waals surface area contributed by atoms with Gasteiger partial charge in [0.05, 0.1) is 18.6 Å². The van der Waals surface area contributed by atoms with Crippen LogP contribution in [0.15, 0.2) is 48.5 Å². The van der Waals surface area contributed by atoms with Gasteiger partial charge in [-0.3, -0.25) is 10.1 Å². The van der Waals surface area contributed by atoms with Gasteiger partial charge in [-0.05, 0) is 38.1 Å². The van der Waals surface area contributed by atoms with E-state index < -0.39 is 11.0 Å². The molecular formula is C18H20N2O5. The highest BCUT2D eigenvalue weighted by Crippen LogP contribution is 2.32. The van der Waals surface area contributed by atoms with Gasteiger partial charge in [-0.15, -0.1) is 0 Å². The second-order valence-corrected chi connectivity index (χ2v) is 5.27. The lowest BCUT2D eigenvalue weighted by atomic mass is 10.1. The van der Waals surface area contributed by atoms with Crippen LogP contribution < -0.4 is 9.64 Å². The monoisotopic (exact) mass is 344 g/mol. The van der Waals surface area contributed by atoms with Crippen LogP contribution in [0.3, 0.4) is 0 Å². The number of anilines is 2. The van der Waals surface area contributed by atoms with Crippen LogP contribution in [-0.4, -0.2) is 30.7 Å². The Morgan fingerprint density at radius 1 is 1.20 bits per heavy atom. The molecule has 1 atom stereocenters. The molecule has 2 aromatic rings. The number of nitro groups is 1. The van der Waals surface area contributed by atoms with Crippen LogP contribution in [0, 0.1) is 10.1 Å². The third-order valence-corrected chi connectivity index (χ3v) is 3.69. The first-order chi connectivity index (χ1) is 12.0. The summed E-state index contributed by atoms with van der Waals surface area (Å²) >= 11 is 0. The van der Waals surface area contributed by atoms with Gasteiger partial charge < -0.3 is 14.4 Å². The smallest absolute Gasteiger partial charge is 0.328 e. The van der Waals surface area contributed by atoms with Crippen molar-refractivity contribution in [2.45, 2.75) is 19.9 Å². The molecule has 2 rings (SSSR count). The second-order valence-electron chi connectivity index (χ2n) is 5.27. The first-order valence-corrected chi connectivity index (χ1v) is 7.82. The van der Waals surface area contributed by atoms with E-state index in [9.17, 15) is 14.9 Å². The maximum atomic E-state index is 12.3. The minimum absolute atomic E-state index is 0.0156. The molecule has 0 fully saturated rings. The zero-order valence-corrected chi connectivity index (χ0v) is 14.3. The molecule has 0 saturated carbocycles. The van der Waals surface area contributed by atoms with Crippen molar-refractivity contribution in [3.05, 3.63) is 58.6 Å². The lowest BCUT2D eigenvalue weighted by Crippen LogP contribution is -2.36. The number of esters is 1. The van der Waals surface area contributed by atoms with Crippen LogP contribution in [0.25, 0.3) is 0 Å². The fraction of sp³-hybridized carbons (Fsp3) is 0.278. The van der Waals surface area contributed by atoms with Gasteiger partial charge in [-0.25, -0.2) is 4.79 Å². The van der Waals surface area contributed by atoms with Gasteiger partial charge in [0.1, 0.15) is 11.8 Å². The van der Waals surface area contributed by atoms with Gasteiger partial charge in [0.2, 0.25) is 0 Å². The Hall–Kier alpha value is -3.09. The van der Waals surface area contributed by atoms with Gasteiger partial charge in [-0.2, -0.15) is 0 Å². The van der Waals surface area contributed by atoms with E-state index in [0.29, 0.717) is 17.1 Å². The zero-order valence-electron chi connectivity index (χ0n) is 14.3. The Kier molecular flexibility index (Phi) is 5.94. The molecule has 2 aromatic carbocycles. The summed E-state index contributed by atoms with van der Waals surface area (Å²) in [5.41, 5.74) is 1.34. The van der Waals surface area contributed by atoms with Gasteiger partial charge in [0, 0.05) is 29.6 Å². The van der Waals surface area contributed by atoms with Crippen molar-refractivity contribution in [1.82, 2.24) is 0 Å². The largest absolute Gasteiger partial charge is 0.497 e. The molecule has 0 aliphatic rings. The third-order valence-electron chi connectivity index (χ3n) is 3.69. The van der Waals surface area contributed by atoms with Crippen LogP contribution in [0.1, 0.15) is 13.8 Å². The van der Waals surface area contributed by atoms with E-state index >= 15 is 0 Å². The number of carbonyl (C=O) groups excluding carboxylic acids is 1. The Balaban J connectivity index is 2.47. The van der Waals surface area contributed by atoms with Gasteiger partial charge >= 0.3 is 5.97 Å². The predicted octanol–water partition coefficient (Wildman–Crippen LogP) is 3.69. The number of nitro benzene ring substituents is 1. The first kappa shape index (κ1) is 18.3. The van der Waals surface area contributed by atoms with Crippen LogP contribution in [-0.2, 0) is 9.53 Å². The van der Waals surface area contributed by atoms with E-state index in [1.807, 2.05) is 12.1 Å². The molecule has 7 heteroatoms. The molecule has 25 heavy (non-hydrogen) atoms. The molecular weight excluding hydrogens is 324 g/mol. The van der Waals surface area contributed by atoms with Crippen LogP contribution >= 0.6 is 0 Å². The zero-order chi connectivity index (χ0) is 18.4. The molecule has 0 spiro atoms. The second kappa shape index (κ2) is 8.14. The predicted molar refractivity (Wildman–Crippen MR) is 94.3 cm³/mol. The number of hydrogen-bond donors (Lipinski definition) is 0. The number of benzene rings is 2. The number of non-ortho nitro benzene ring substituents is 1. The van der Waals surface area contributed by atoms with E-state index in [4.69, 9.17) is 9.47 Å². The fourth-order valence-corrected chi connectivity index (χ4v) is 2.46. The van der Waals surface area contributed by atoms with Crippen molar-refractivity contribution >= 4 is 23.0 Å². The third kappa shape index (κ3) is 4.26. The Morgan fingerprint density at radius 2 is 1.88 bits per heavy atom. The van der Waals surface area contributed by atoms with Gasteiger partial charge in [0.15, 0.2) is 0 Å². The molecule has 7 nitrogen and oxygen atoms in total. The summed E-state index contributed by atoms with van der Waals surface area (Å²) in [5.74, 6) is 0.254. The number of nitrogens with zero attached hydrogens (tertiary/aromatic N) is 2. The topological polar surface area (TPSA) is 81.9 Å². The number of hydrogen-bond acceptors (Lipinski definition) is 6. The summed E-state index contributed by atoms with van der Waals surface area (Å²) in [6.45, 7) is 3.74. The molecule has 0 bridgehead atoms. The molecule has 0 amide bonds. The standard InChI is InChI=1S/C18H20N2O5/c1-4-25-18(21)13(2)19(16-6-5-7-17(12-16)24-3)14-8-10-15(11-9-14)20(22)23/h5-13H,4H2,1-3H3. The summed E-state index contributed by atoms with van der Waals surface area (Å²) in [7, 11) is 1.56. The van der Waals surface area contributed by atoms with Crippen molar-refractivity contribution in [1.29, 1.82) is 0 Å². The normalized spacial score (nSPS) is 11.5. The lowest BCUT2D eigenvalue weighted by Gasteiger charge is -2.30. The average Bonchev–Trinajstić information content (AvgIpc) is 2.62. The van der Waals surface area contributed by atoms with Crippen LogP contribution in [0.5, 0.6) is 5.75 Å². The van der Waals surface area contributed by atoms with E-state index in [-0.39, 0.29) is 18.3 Å². The minimum Gasteiger partial charge on any atom is -0.497 e. The van der Waals surface area contributed by atoms with Crippen molar-refractivity contribution in [3.63, 3.8) is 0 Å². The highest BCUT2D eigenvalue weighted by atomic mass is 16.6. The molecule has 132 valence electrons. The Bertz CT molecular complexity index is 745. The summed E-state index contributed by atoms with van der Waals surface area (Å²) in [4.78, 5) is 24.4. The summed E-state index contributed by atoms with van der Waals surface area (Å²) in [5, 5.41) is 10.9. The first-order valence-electron chi connectivity index (χ1n) is 7.82. The highest BCUT2D eigenvalue weighted by Gasteiger charge is 2.25. The number of carbonyl (C=O) groups is 1. The molecule has 0 radical (unpaired) electrons. The Labute approximate surface area is 145 Å². The van der Waals surface area contributed by atoms with E-state index in [0.717, 1.165) is 0 Å². The van der Waals surface area contributed by atoms with E-state index in [1.54, 1.807) is 50.1 Å². The number of ether oxygens (including phenoxy) is 2. The summed E-state index contributed by atoms with van der Waals surface area (Å²) in [6, 6.07) is 12.6. The molecule has 0 aliphatic carbocycles. The van der Waals surface area contributed by atoms with Crippen molar-refractivity contribution < 1.29 is 19.2 Å². The molecule has 0 heterocycles. The maximum absolute atomic E-state index is 12.3. The van der Waals surface area contributed by atoms with Crippen LogP contribution in [0.2, 0.25) is 0 Å². The van der Waals surface area contributed by atoms with E-state index in [1.165, 1.54) is 12.1 Å². The molecule has 0 saturated heterocycles. The van der Waals surface area contributed by atoms with Crippen LogP contribution in [0.4, 0.5) is 17.1 Å². The summed E-state index contributed by atoms with van der Waals surface area (Å²) in [6.07, 6.45) is 0. The quantitative estimate of drug-likeness (QED) is 0.433. The van der Waals surface area contributed by atoms with E-state index in [2.05, 4.69) is 0 Å². The summed E-state index contributed by atoms with van der Waals surface area (Å²) < 4.78 is 10.4. The van der Waals surface area contributed by atoms with Crippen molar-refractivity contribution in [2.75, 3.05) is 18.6 Å². The molecule has 0 aliphatic heterocycles. The lowest BCUT2D eigenvalue weighted by molar-refractivity contribution is -0.384. The molecule has 0 aromatic heterocycles. The van der Waals surface area contributed by atoms with Gasteiger partial charge in [-0.1, -0.05) is 6.07 Å². The van der Waals surface area contributed by atoms with Gasteiger partial charge in [0.25, 0.3) is 5.69 Å². The fourth-order valence-electron chi connectivity index (χ4n) is 2.46. The molecule has 1 unspecified atom stereocenters. The minimum atomic E-state index is -0.617. The highest BCUT2D eigenvalue weighted by molar-refractivity contribution is 5.84. The van der Waals surface area contributed by atoms with Crippen molar-refractivity contribution in [3.8, 4) is 5.75 Å². The SMILES string of the molecule is CCOC(=O)C(C)N(c1ccc([N+](=O)[O-])cc1)c1cccc(OC)c1. The van der Waals surface area contributed by atoms with Crippen molar-refractivity contribution in [2.24, 2.45) is 0 Å². The Morgan fingerprint density at radius 3 is 2.44 bits per heavy atom.